The van der Waals surface area contributed by atoms with Crippen molar-refractivity contribution in [3.05, 3.63) is 0 Å². The second-order valence-electron chi connectivity index (χ2n) is 5.25. The van der Waals surface area contributed by atoms with Gasteiger partial charge in [0.05, 0.1) is 6.07 Å². The lowest BCUT2D eigenvalue weighted by Gasteiger charge is -2.26. The minimum atomic E-state index is -4.31. The first-order chi connectivity index (χ1) is 8.60. The summed E-state index contributed by atoms with van der Waals surface area (Å²) in [7, 11) is 0. The molecule has 1 N–H and O–H groups in total. The van der Waals surface area contributed by atoms with Crippen LogP contribution in [0, 0.1) is 11.3 Å². The average Bonchev–Trinajstić information content (AvgIpc) is 2.26. The molecule has 2 unspecified atom stereocenters. The summed E-state index contributed by atoms with van der Waals surface area (Å²) in [6, 6.07) is 2.39. The highest BCUT2D eigenvalue weighted by Gasteiger charge is 2.36. The van der Waals surface area contributed by atoms with Crippen LogP contribution in [0.2, 0.25) is 0 Å². The molecule has 0 fully saturated rings. The van der Waals surface area contributed by atoms with Crippen molar-refractivity contribution < 1.29 is 17.9 Å². The van der Waals surface area contributed by atoms with Gasteiger partial charge in [-0.15, -0.1) is 0 Å². The van der Waals surface area contributed by atoms with Crippen molar-refractivity contribution in [1.82, 2.24) is 5.32 Å². The van der Waals surface area contributed by atoms with Gasteiger partial charge in [-0.25, -0.2) is 0 Å². The molecular weight excluding hydrogens is 257 g/mol. The van der Waals surface area contributed by atoms with Gasteiger partial charge in [0.1, 0.15) is 5.54 Å². The monoisotopic (exact) mass is 280 g/mol. The van der Waals surface area contributed by atoms with E-state index in [1.165, 1.54) is 0 Å². The fourth-order valence-corrected chi connectivity index (χ4v) is 1.73. The first-order valence-electron chi connectivity index (χ1n) is 6.48. The standard InChI is InChI=1S/C13H23F3N2O/c1-10(2)18-12(4,9-17)7-5-6-8-19-11(3)13(14,15)16/h10-11,18H,5-8H2,1-4H3. The molecule has 0 aromatic rings. The van der Waals surface area contributed by atoms with Crippen LogP contribution >= 0.6 is 0 Å². The molecule has 0 aliphatic carbocycles. The van der Waals surface area contributed by atoms with E-state index in [1.54, 1.807) is 6.92 Å². The van der Waals surface area contributed by atoms with Gasteiger partial charge in [0, 0.05) is 12.6 Å². The minimum Gasteiger partial charge on any atom is -0.369 e. The van der Waals surface area contributed by atoms with E-state index < -0.39 is 17.8 Å². The van der Waals surface area contributed by atoms with Gasteiger partial charge in [-0.05, 0) is 47.0 Å². The van der Waals surface area contributed by atoms with Crippen LogP contribution < -0.4 is 5.32 Å². The topological polar surface area (TPSA) is 45.0 Å². The molecular formula is C13H23F3N2O. The van der Waals surface area contributed by atoms with E-state index in [9.17, 15) is 13.2 Å². The Bertz CT molecular complexity index is 299. The smallest absolute Gasteiger partial charge is 0.369 e. The lowest BCUT2D eigenvalue weighted by Crippen LogP contribution is -2.44. The second-order valence-corrected chi connectivity index (χ2v) is 5.25. The Morgan fingerprint density at radius 1 is 1.21 bits per heavy atom. The largest absolute Gasteiger partial charge is 0.414 e. The van der Waals surface area contributed by atoms with E-state index in [4.69, 9.17) is 10.00 Å². The Labute approximate surface area is 113 Å². The van der Waals surface area contributed by atoms with Gasteiger partial charge in [-0.3, -0.25) is 5.32 Å². The van der Waals surface area contributed by atoms with Crippen molar-refractivity contribution in [3.63, 3.8) is 0 Å². The van der Waals surface area contributed by atoms with Gasteiger partial charge < -0.3 is 4.74 Å². The van der Waals surface area contributed by atoms with Crippen LogP contribution in [-0.2, 0) is 4.74 Å². The zero-order valence-electron chi connectivity index (χ0n) is 12.0. The Kier molecular flexibility index (Phi) is 7.38. The average molecular weight is 280 g/mol. The van der Waals surface area contributed by atoms with Crippen LogP contribution in [0.15, 0.2) is 0 Å². The molecule has 0 rings (SSSR count). The Morgan fingerprint density at radius 2 is 1.79 bits per heavy atom. The lowest BCUT2D eigenvalue weighted by atomic mass is 9.96. The van der Waals surface area contributed by atoms with Gasteiger partial charge in [0.2, 0.25) is 0 Å². The number of hydrogen-bond acceptors (Lipinski definition) is 3. The molecule has 3 nitrogen and oxygen atoms in total. The van der Waals surface area contributed by atoms with E-state index in [0.717, 1.165) is 6.92 Å². The molecule has 19 heavy (non-hydrogen) atoms. The number of hydrogen-bond donors (Lipinski definition) is 1. The van der Waals surface area contributed by atoms with Crippen molar-refractivity contribution >= 4 is 0 Å². The molecule has 0 radical (unpaired) electrons. The number of nitrogens with one attached hydrogen (secondary N) is 1. The molecule has 0 aromatic heterocycles. The molecule has 0 heterocycles. The molecule has 0 saturated heterocycles. The van der Waals surface area contributed by atoms with Crippen LogP contribution in [0.4, 0.5) is 13.2 Å². The van der Waals surface area contributed by atoms with E-state index in [1.807, 2.05) is 13.8 Å². The summed E-state index contributed by atoms with van der Waals surface area (Å²) in [6.45, 7) is 6.75. The van der Waals surface area contributed by atoms with Crippen LogP contribution in [-0.4, -0.2) is 30.5 Å². The molecule has 0 bridgehead atoms. The van der Waals surface area contributed by atoms with Gasteiger partial charge in [0.15, 0.2) is 6.10 Å². The summed E-state index contributed by atoms with van der Waals surface area (Å²) >= 11 is 0. The van der Waals surface area contributed by atoms with Gasteiger partial charge in [0.25, 0.3) is 0 Å². The van der Waals surface area contributed by atoms with Crippen molar-refractivity contribution in [1.29, 1.82) is 5.26 Å². The number of rotatable bonds is 8. The third kappa shape index (κ3) is 8.06. The molecule has 6 heteroatoms. The highest BCUT2D eigenvalue weighted by Crippen LogP contribution is 2.22. The predicted molar refractivity (Wildman–Crippen MR) is 67.6 cm³/mol. The molecule has 0 spiro atoms. The Morgan fingerprint density at radius 3 is 2.21 bits per heavy atom. The maximum Gasteiger partial charge on any atom is 0.414 e. The quantitative estimate of drug-likeness (QED) is 0.693. The summed E-state index contributed by atoms with van der Waals surface area (Å²) in [5.74, 6) is 0. The number of ether oxygens (including phenoxy) is 1. The van der Waals surface area contributed by atoms with E-state index in [0.29, 0.717) is 19.3 Å². The van der Waals surface area contributed by atoms with Gasteiger partial charge in [-0.1, -0.05) is 0 Å². The summed E-state index contributed by atoms with van der Waals surface area (Å²) in [4.78, 5) is 0. The number of nitriles is 1. The molecule has 0 aliphatic rings. The van der Waals surface area contributed by atoms with Crippen molar-refractivity contribution in [2.75, 3.05) is 6.61 Å². The maximum atomic E-state index is 12.2. The second kappa shape index (κ2) is 7.71. The van der Waals surface area contributed by atoms with Gasteiger partial charge in [-0.2, -0.15) is 18.4 Å². The van der Waals surface area contributed by atoms with E-state index >= 15 is 0 Å². The maximum absolute atomic E-state index is 12.2. The predicted octanol–water partition coefficient (Wildman–Crippen LogP) is 3.40. The van der Waals surface area contributed by atoms with Crippen LogP contribution in [0.25, 0.3) is 0 Å². The third-order valence-corrected chi connectivity index (χ3v) is 2.75. The van der Waals surface area contributed by atoms with E-state index in [2.05, 4.69) is 11.4 Å². The van der Waals surface area contributed by atoms with Gasteiger partial charge >= 0.3 is 6.18 Å². The van der Waals surface area contributed by atoms with Crippen molar-refractivity contribution in [2.45, 2.75) is 70.8 Å². The van der Waals surface area contributed by atoms with Crippen LogP contribution in [0.5, 0.6) is 0 Å². The lowest BCUT2D eigenvalue weighted by molar-refractivity contribution is -0.214. The van der Waals surface area contributed by atoms with Crippen molar-refractivity contribution in [3.8, 4) is 6.07 Å². The van der Waals surface area contributed by atoms with Crippen LogP contribution in [0.1, 0.15) is 47.0 Å². The number of alkyl halides is 3. The zero-order chi connectivity index (χ0) is 15.1. The molecule has 0 saturated carbocycles. The fourth-order valence-electron chi connectivity index (χ4n) is 1.73. The normalized spacial score (nSPS) is 17.0. The molecule has 0 amide bonds. The summed E-state index contributed by atoms with van der Waals surface area (Å²) in [6.07, 6.45) is -4.29. The zero-order valence-corrected chi connectivity index (χ0v) is 12.0. The Hall–Kier alpha value is -0.800. The first-order valence-corrected chi connectivity index (χ1v) is 6.48. The van der Waals surface area contributed by atoms with Crippen molar-refractivity contribution in [2.24, 2.45) is 0 Å². The first kappa shape index (κ1) is 18.2. The fraction of sp³-hybridized carbons (Fsp3) is 0.923. The third-order valence-electron chi connectivity index (χ3n) is 2.75. The summed E-state index contributed by atoms with van der Waals surface area (Å²) in [5.41, 5.74) is -0.635. The Balaban J connectivity index is 3.89. The van der Waals surface area contributed by atoms with Crippen LogP contribution in [0.3, 0.4) is 0 Å². The minimum absolute atomic E-state index is 0.0594. The highest BCUT2D eigenvalue weighted by molar-refractivity contribution is 5.04. The SMILES string of the molecule is CC(C)NC(C)(C#N)CCCCOC(C)C(F)(F)F. The summed E-state index contributed by atoms with van der Waals surface area (Å²) in [5, 5.41) is 12.2. The molecule has 0 aliphatic heterocycles. The number of unbranched alkanes of at least 4 members (excludes halogenated alkanes) is 1. The number of nitrogens with zero attached hydrogens (tertiary/aromatic N) is 1. The molecule has 2 atom stereocenters. The summed E-state index contributed by atoms with van der Waals surface area (Å²) < 4.78 is 41.2. The number of halogens is 3. The molecule has 112 valence electrons. The van der Waals surface area contributed by atoms with E-state index in [-0.39, 0.29) is 12.6 Å². The molecule has 0 aromatic carbocycles. The highest BCUT2D eigenvalue weighted by atomic mass is 19.4.